The van der Waals surface area contributed by atoms with Gasteiger partial charge in [0, 0.05) is 12.4 Å². The molecule has 4 nitrogen and oxygen atoms in total. The molecule has 0 spiro atoms. The van der Waals surface area contributed by atoms with Crippen molar-refractivity contribution in [2.24, 2.45) is 0 Å². The largest absolute Gasteiger partial charge is 0.393 e. The van der Waals surface area contributed by atoms with Crippen molar-refractivity contribution < 1.29 is 9.84 Å². The van der Waals surface area contributed by atoms with Gasteiger partial charge in [0.1, 0.15) is 6.61 Å². The lowest BCUT2D eigenvalue weighted by atomic mass is 9.95. The van der Waals surface area contributed by atoms with Gasteiger partial charge < -0.3 is 9.84 Å². The van der Waals surface area contributed by atoms with Gasteiger partial charge in [0.15, 0.2) is 5.82 Å². The van der Waals surface area contributed by atoms with Gasteiger partial charge in [0.25, 0.3) is 0 Å². The lowest BCUT2D eigenvalue weighted by molar-refractivity contribution is -0.0142. The molecule has 4 heteroatoms. The molecule has 0 bridgehead atoms. The Bertz CT molecular complexity index is 284. The summed E-state index contributed by atoms with van der Waals surface area (Å²) in [5.41, 5.74) is 0. The highest BCUT2D eigenvalue weighted by molar-refractivity contribution is 4.86. The van der Waals surface area contributed by atoms with Crippen molar-refractivity contribution in [3.8, 4) is 0 Å². The lowest BCUT2D eigenvalue weighted by Crippen LogP contribution is -2.24. The SMILES string of the molecule is OC1CCC(OCc2ncccn2)CC1. The van der Waals surface area contributed by atoms with Crippen LogP contribution < -0.4 is 0 Å². The average molecular weight is 208 g/mol. The van der Waals surface area contributed by atoms with Crippen LogP contribution in [0, 0.1) is 0 Å². The zero-order chi connectivity index (χ0) is 10.5. The number of ether oxygens (including phenoxy) is 1. The third kappa shape index (κ3) is 3.25. The van der Waals surface area contributed by atoms with E-state index in [4.69, 9.17) is 4.74 Å². The monoisotopic (exact) mass is 208 g/mol. The topological polar surface area (TPSA) is 55.2 Å². The van der Waals surface area contributed by atoms with Crippen LogP contribution in [0.5, 0.6) is 0 Å². The Hall–Kier alpha value is -1.00. The number of hydrogen-bond donors (Lipinski definition) is 1. The van der Waals surface area contributed by atoms with E-state index in [1.807, 2.05) is 0 Å². The van der Waals surface area contributed by atoms with Crippen LogP contribution in [0.1, 0.15) is 31.5 Å². The van der Waals surface area contributed by atoms with Crippen LogP contribution in [-0.4, -0.2) is 27.3 Å². The average Bonchev–Trinajstić information content (AvgIpc) is 2.30. The van der Waals surface area contributed by atoms with Gasteiger partial charge in [-0.3, -0.25) is 0 Å². The van der Waals surface area contributed by atoms with E-state index < -0.39 is 0 Å². The molecule has 0 amide bonds. The van der Waals surface area contributed by atoms with Gasteiger partial charge in [-0.2, -0.15) is 0 Å². The number of nitrogens with zero attached hydrogens (tertiary/aromatic N) is 2. The van der Waals surface area contributed by atoms with Crippen LogP contribution in [0.25, 0.3) is 0 Å². The molecule has 1 N–H and O–H groups in total. The highest BCUT2D eigenvalue weighted by Crippen LogP contribution is 2.21. The van der Waals surface area contributed by atoms with E-state index in [2.05, 4.69) is 9.97 Å². The van der Waals surface area contributed by atoms with E-state index in [0.717, 1.165) is 31.5 Å². The van der Waals surface area contributed by atoms with Crippen molar-refractivity contribution >= 4 is 0 Å². The summed E-state index contributed by atoms with van der Waals surface area (Å²) in [6.07, 6.45) is 7.14. The first-order valence-corrected chi connectivity index (χ1v) is 5.40. The molecule has 82 valence electrons. The molecule has 0 unspecified atom stereocenters. The Balaban J connectivity index is 1.74. The Morgan fingerprint density at radius 2 is 1.87 bits per heavy atom. The second-order valence-corrected chi connectivity index (χ2v) is 3.91. The second kappa shape index (κ2) is 5.19. The Labute approximate surface area is 89.3 Å². The molecule has 1 fully saturated rings. The third-order valence-electron chi connectivity index (χ3n) is 2.71. The lowest BCUT2D eigenvalue weighted by Gasteiger charge is -2.25. The zero-order valence-corrected chi connectivity index (χ0v) is 8.67. The van der Waals surface area contributed by atoms with E-state index in [1.165, 1.54) is 0 Å². The number of aliphatic hydroxyl groups is 1. The Kier molecular flexibility index (Phi) is 3.64. The summed E-state index contributed by atoms with van der Waals surface area (Å²) in [5.74, 6) is 0.726. The minimum absolute atomic E-state index is 0.127. The van der Waals surface area contributed by atoms with Gasteiger partial charge in [-0.05, 0) is 31.7 Å². The normalized spacial score (nSPS) is 26.5. The summed E-state index contributed by atoms with van der Waals surface area (Å²) in [7, 11) is 0. The fourth-order valence-electron chi connectivity index (χ4n) is 1.81. The number of hydrogen-bond acceptors (Lipinski definition) is 4. The zero-order valence-electron chi connectivity index (χ0n) is 8.67. The molecule has 0 radical (unpaired) electrons. The predicted molar refractivity (Wildman–Crippen MR) is 55.1 cm³/mol. The fraction of sp³-hybridized carbons (Fsp3) is 0.636. The molecule has 0 aliphatic heterocycles. The summed E-state index contributed by atoms with van der Waals surface area (Å²) < 4.78 is 5.68. The highest BCUT2D eigenvalue weighted by atomic mass is 16.5. The van der Waals surface area contributed by atoms with E-state index in [1.54, 1.807) is 18.5 Å². The molecular formula is C11H16N2O2. The van der Waals surface area contributed by atoms with E-state index in [-0.39, 0.29) is 12.2 Å². The number of aliphatic hydroxyl groups excluding tert-OH is 1. The molecular weight excluding hydrogens is 192 g/mol. The van der Waals surface area contributed by atoms with Crippen LogP contribution in [-0.2, 0) is 11.3 Å². The summed E-state index contributed by atoms with van der Waals surface area (Å²) in [4.78, 5) is 8.19. The minimum Gasteiger partial charge on any atom is -0.393 e. The molecule has 2 rings (SSSR count). The van der Waals surface area contributed by atoms with Crippen LogP contribution in [0.15, 0.2) is 18.5 Å². The van der Waals surface area contributed by atoms with Gasteiger partial charge in [-0.15, -0.1) is 0 Å². The van der Waals surface area contributed by atoms with Crippen molar-refractivity contribution in [1.29, 1.82) is 0 Å². The molecule has 15 heavy (non-hydrogen) atoms. The first-order chi connectivity index (χ1) is 7.34. The summed E-state index contributed by atoms with van der Waals surface area (Å²) >= 11 is 0. The first kappa shape index (κ1) is 10.5. The quantitative estimate of drug-likeness (QED) is 0.813. The van der Waals surface area contributed by atoms with Gasteiger partial charge in [-0.25, -0.2) is 9.97 Å². The van der Waals surface area contributed by atoms with Gasteiger partial charge in [0.2, 0.25) is 0 Å². The van der Waals surface area contributed by atoms with Crippen molar-refractivity contribution in [2.45, 2.75) is 44.5 Å². The predicted octanol–water partition coefficient (Wildman–Crippen LogP) is 1.30. The van der Waals surface area contributed by atoms with Gasteiger partial charge >= 0.3 is 0 Å². The van der Waals surface area contributed by atoms with Crippen LogP contribution in [0.2, 0.25) is 0 Å². The smallest absolute Gasteiger partial charge is 0.153 e. The van der Waals surface area contributed by atoms with Crippen LogP contribution in [0.4, 0.5) is 0 Å². The standard InChI is InChI=1S/C11H16N2O2/c14-9-2-4-10(5-3-9)15-8-11-12-6-1-7-13-11/h1,6-7,9-10,14H,2-5,8H2. The maximum atomic E-state index is 9.33. The van der Waals surface area contributed by atoms with Crippen molar-refractivity contribution in [3.63, 3.8) is 0 Å². The molecule has 1 saturated carbocycles. The fourth-order valence-corrected chi connectivity index (χ4v) is 1.81. The first-order valence-electron chi connectivity index (χ1n) is 5.40. The number of aromatic nitrogens is 2. The van der Waals surface area contributed by atoms with E-state index >= 15 is 0 Å². The molecule has 1 aliphatic carbocycles. The van der Waals surface area contributed by atoms with Crippen molar-refractivity contribution in [2.75, 3.05) is 0 Å². The second-order valence-electron chi connectivity index (χ2n) is 3.91. The Morgan fingerprint density at radius 3 is 2.53 bits per heavy atom. The van der Waals surface area contributed by atoms with Crippen LogP contribution in [0.3, 0.4) is 0 Å². The van der Waals surface area contributed by atoms with Gasteiger partial charge in [-0.1, -0.05) is 0 Å². The van der Waals surface area contributed by atoms with E-state index in [0.29, 0.717) is 6.61 Å². The summed E-state index contributed by atoms with van der Waals surface area (Å²) in [5, 5.41) is 9.33. The van der Waals surface area contributed by atoms with Crippen molar-refractivity contribution in [3.05, 3.63) is 24.3 Å². The maximum absolute atomic E-state index is 9.33. The molecule has 1 aromatic rings. The summed E-state index contributed by atoms with van der Waals surface area (Å²) in [6.45, 7) is 0.474. The molecule has 1 aliphatic rings. The van der Waals surface area contributed by atoms with Crippen LogP contribution >= 0.6 is 0 Å². The molecule has 0 aromatic carbocycles. The highest BCUT2D eigenvalue weighted by Gasteiger charge is 2.19. The van der Waals surface area contributed by atoms with Crippen molar-refractivity contribution in [1.82, 2.24) is 9.97 Å². The third-order valence-corrected chi connectivity index (χ3v) is 2.71. The molecule has 0 saturated heterocycles. The maximum Gasteiger partial charge on any atom is 0.153 e. The Morgan fingerprint density at radius 1 is 1.20 bits per heavy atom. The molecule has 1 heterocycles. The summed E-state index contributed by atoms with van der Waals surface area (Å²) in [6, 6.07) is 1.79. The molecule has 0 atom stereocenters. The van der Waals surface area contributed by atoms with E-state index in [9.17, 15) is 5.11 Å². The molecule has 1 aromatic heterocycles. The minimum atomic E-state index is -0.127. The van der Waals surface area contributed by atoms with Gasteiger partial charge in [0.05, 0.1) is 12.2 Å². The number of rotatable bonds is 3.